The number of likely N-dealkylation sites (tertiary alicyclic amines) is 1. The number of hydrogen-bond acceptors (Lipinski definition) is 5. The molecule has 1 saturated heterocycles. The van der Waals surface area contributed by atoms with Gasteiger partial charge in [0.25, 0.3) is 0 Å². The highest BCUT2D eigenvalue weighted by Crippen LogP contribution is 2.19. The van der Waals surface area contributed by atoms with Crippen molar-refractivity contribution in [1.82, 2.24) is 14.9 Å². The van der Waals surface area contributed by atoms with Crippen LogP contribution in [0.4, 0.5) is 5.82 Å². The van der Waals surface area contributed by atoms with Crippen LogP contribution in [-0.4, -0.2) is 53.3 Å². The molecule has 2 heterocycles. The minimum atomic E-state index is 0.313. The minimum absolute atomic E-state index is 0.313. The first-order chi connectivity index (χ1) is 9.65. The molecule has 1 aromatic heterocycles. The van der Waals surface area contributed by atoms with Crippen LogP contribution < -0.4 is 5.32 Å². The van der Waals surface area contributed by atoms with Gasteiger partial charge < -0.3 is 15.0 Å². The van der Waals surface area contributed by atoms with E-state index in [1.807, 2.05) is 0 Å². The second kappa shape index (κ2) is 7.76. The molecule has 0 aliphatic carbocycles. The lowest BCUT2D eigenvalue weighted by Crippen LogP contribution is -2.40. The fraction of sp³-hybridized carbons (Fsp3) is 0.714. The highest BCUT2D eigenvalue weighted by Gasteiger charge is 2.20. The van der Waals surface area contributed by atoms with Crippen LogP contribution >= 0.6 is 11.6 Å². The van der Waals surface area contributed by atoms with Gasteiger partial charge in [0, 0.05) is 38.1 Å². The highest BCUT2D eigenvalue weighted by atomic mass is 35.5. The Morgan fingerprint density at radius 2 is 2.05 bits per heavy atom. The summed E-state index contributed by atoms with van der Waals surface area (Å²) in [4.78, 5) is 10.7. The van der Waals surface area contributed by atoms with E-state index in [0.717, 1.165) is 39.1 Å². The third-order valence-corrected chi connectivity index (χ3v) is 3.72. The van der Waals surface area contributed by atoms with Gasteiger partial charge in [-0.2, -0.15) is 0 Å². The molecule has 0 atom stereocenters. The van der Waals surface area contributed by atoms with E-state index < -0.39 is 0 Å². The second-order valence-electron chi connectivity index (χ2n) is 5.38. The Bertz CT molecular complexity index is 408. The molecule has 0 unspecified atom stereocenters. The molecule has 0 bridgehead atoms. The normalized spacial score (nSPS) is 17.6. The van der Waals surface area contributed by atoms with E-state index in [0.29, 0.717) is 23.1 Å². The van der Waals surface area contributed by atoms with Crippen LogP contribution in [-0.2, 0) is 4.74 Å². The van der Waals surface area contributed by atoms with Crippen molar-refractivity contribution in [3.63, 3.8) is 0 Å². The zero-order valence-electron chi connectivity index (χ0n) is 12.2. The van der Waals surface area contributed by atoms with E-state index in [9.17, 15) is 0 Å². The van der Waals surface area contributed by atoms with Gasteiger partial charge in [0.2, 0.25) is 0 Å². The molecule has 5 nitrogen and oxygen atoms in total. The molecule has 0 aromatic carbocycles. The molecule has 1 N–H and O–H groups in total. The summed E-state index contributed by atoms with van der Waals surface area (Å²) in [5.74, 6) is 0.691. The fourth-order valence-corrected chi connectivity index (χ4v) is 2.49. The van der Waals surface area contributed by atoms with Gasteiger partial charge in [-0.15, -0.1) is 0 Å². The third-order valence-electron chi connectivity index (χ3n) is 3.44. The fourth-order valence-electron chi connectivity index (χ4n) is 2.33. The van der Waals surface area contributed by atoms with Crippen molar-refractivity contribution >= 4 is 17.4 Å². The maximum atomic E-state index is 6.01. The smallest absolute Gasteiger partial charge is 0.171 e. The van der Waals surface area contributed by atoms with E-state index in [1.54, 1.807) is 12.4 Å². The summed E-state index contributed by atoms with van der Waals surface area (Å²) in [5, 5.41) is 3.83. The molecule has 0 amide bonds. The molecular formula is C14H23ClN4O. The number of nitrogens with zero attached hydrogens (tertiary/aromatic N) is 3. The number of anilines is 1. The van der Waals surface area contributed by atoms with Crippen LogP contribution in [0, 0.1) is 0 Å². The van der Waals surface area contributed by atoms with Crippen LogP contribution in [0.25, 0.3) is 0 Å². The van der Waals surface area contributed by atoms with Crippen molar-refractivity contribution in [3.8, 4) is 0 Å². The SMILES string of the molecule is CC(C)OCCN1CCC(Nc2nccnc2Cl)CC1. The van der Waals surface area contributed by atoms with Crippen LogP contribution in [0.2, 0.25) is 5.15 Å². The minimum Gasteiger partial charge on any atom is -0.377 e. The number of piperidine rings is 1. The molecule has 0 radical (unpaired) electrons. The number of halogens is 1. The van der Waals surface area contributed by atoms with E-state index >= 15 is 0 Å². The second-order valence-corrected chi connectivity index (χ2v) is 5.73. The summed E-state index contributed by atoms with van der Waals surface area (Å²) in [6.45, 7) is 8.12. The molecule has 1 aromatic rings. The molecule has 0 saturated carbocycles. The van der Waals surface area contributed by atoms with E-state index in [-0.39, 0.29) is 0 Å². The monoisotopic (exact) mass is 298 g/mol. The third kappa shape index (κ3) is 4.89. The zero-order valence-corrected chi connectivity index (χ0v) is 12.9. The number of aromatic nitrogens is 2. The molecule has 6 heteroatoms. The van der Waals surface area contributed by atoms with Crippen LogP contribution in [0.5, 0.6) is 0 Å². The number of nitrogens with one attached hydrogen (secondary N) is 1. The van der Waals surface area contributed by atoms with Crippen molar-refractivity contribution < 1.29 is 4.74 Å². The summed E-state index contributed by atoms with van der Waals surface area (Å²) >= 11 is 6.01. The predicted octanol–water partition coefficient (Wildman–Crippen LogP) is 2.43. The highest BCUT2D eigenvalue weighted by molar-refractivity contribution is 6.31. The van der Waals surface area contributed by atoms with Crippen molar-refractivity contribution in [1.29, 1.82) is 0 Å². The Kier molecular flexibility index (Phi) is 6.01. The van der Waals surface area contributed by atoms with Crippen molar-refractivity contribution in [2.75, 3.05) is 31.6 Å². The Hall–Kier alpha value is -0.910. The van der Waals surface area contributed by atoms with Gasteiger partial charge in [-0.05, 0) is 26.7 Å². The van der Waals surface area contributed by atoms with Crippen molar-refractivity contribution in [2.45, 2.75) is 38.8 Å². The summed E-state index contributed by atoms with van der Waals surface area (Å²) in [7, 11) is 0. The van der Waals surface area contributed by atoms with Crippen LogP contribution in [0.3, 0.4) is 0 Å². The lowest BCUT2D eigenvalue weighted by molar-refractivity contribution is 0.0543. The van der Waals surface area contributed by atoms with E-state index in [1.165, 1.54) is 0 Å². The van der Waals surface area contributed by atoms with E-state index in [4.69, 9.17) is 16.3 Å². The summed E-state index contributed by atoms with van der Waals surface area (Å²) in [5.41, 5.74) is 0. The van der Waals surface area contributed by atoms with Gasteiger partial charge in [0.1, 0.15) is 0 Å². The lowest BCUT2D eigenvalue weighted by atomic mass is 10.1. The Morgan fingerprint density at radius 1 is 1.35 bits per heavy atom. The summed E-state index contributed by atoms with van der Waals surface area (Å²) < 4.78 is 5.59. The molecule has 20 heavy (non-hydrogen) atoms. The molecule has 1 aliphatic rings. The first-order valence-corrected chi connectivity index (χ1v) is 7.60. The van der Waals surface area contributed by atoms with Gasteiger partial charge >= 0.3 is 0 Å². The predicted molar refractivity (Wildman–Crippen MR) is 81.2 cm³/mol. The lowest BCUT2D eigenvalue weighted by Gasteiger charge is -2.32. The average Bonchev–Trinajstić information content (AvgIpc) is 2.43. The Balaban J connectivity index is 1.70. The average molecular weight is 299 g/mol. The quantitative estimate of drug-likeness (QED) is 0.874. The van der Waals surface area contributed by atoms with Gasteiger partial charge in [0.05, 0.1) is 12.7 Å². The van der Waals surface area contributed by atoms with Crippen molar-refractivity contribution in [2.24, 2.45) is 0 Å². The van der Waals surface area contributed by atoms with Gasteiger partial charge in [-0.25, -0.2) is 9.97 Å². The molecule has 1 fully saturated rings. The van der Waals surface area contributed by atoms with Crippen LogP contribution in [0.15, 0.2) is 12.4 Å². The number of hydrogen-bond donors (Lipinski definition) is 1. The molecule has 0 spiro atoms. The first-order valence-electron chi connectivity index (χ1n) is 7.22. The Morgan fingerprint density at radius 3 is 2.70 bits per heavy atom. The number of ether oxygens (including phenoxy) is 1. The maximum Gasteiger partial charge on any atom is 0.171 e. The zero-order chi connectivity index (χ0) is 14.4. The topological polar surface area (TPSA) is 50.3 Å². The largest absolute Gasteiger partial charge is 0.377 e. The summed E-state index contributed by atoms with van der Waals surface area (Å²) in [6.07, 6.45) is 5.76. The maximum absolute atomic E-state index is 6.01. The molecule has 112 valence electrons. The standard InChI is InChI=1S/C14H23ClN4O/c1-11(2)20-10-9-19-7-3-12(4-8-19)18-14-13(15)16-5-6-17-14/h5-6,11-12H,3-4,7-10H2,1-2H3,(H,17,18). The summed E-state index contributed by atoms with van der Waals surface area (Å²) in [6, 6.07) is 0.423. The first kappa shape index (κ1) is 15.5. The Labute approximate surface area is 125 Å². The molecular weight excluding hydrogens is 276 g/mol. The van der Waals surface area contributed by atoms with Crippen molar-refractivity contribution in [3.05, 3.63) is 17.5 Å². The van der Waals surface area contributed by atoms with Gasteiger partial charge in [-0.1, -0.05) is 11.6 Å². The molecule has 2 rings (SSSR count). The number of rotatable bonds is 6. The van der Waals surface area contributed by atoms with E-state index in [2.05, 4.69) is 34.0 Å². The molecule has 1 aliphatic heterocycles. The van der Waals surface area contributed by atoms with Gasteiger partial charge in [-0.3, -0.25) is 0 Å². The van der Waals surface area contributed by atoms with Crippen LogP contribution in [0.1, 0.15) is 26.7 Å². The van der Waals surface area contributed by atoms with Gasteiger partial charge in [0.15, 0.2) is 11.0 Å².